The number of aryl methyl sites for hydroxylation is 1. The SMILES string of the molecule is Cc1cnc2[nH]cc(Cc3ccc(NCc4cnc(CN)nc4)nc3F)c2c1. The summed E-state index contributed by atoms with van der Waals surface area (Å²) in [4.78, 5) is 19.8. The highest BCUT2D eigenvalue weighted by atomic mass is 19.1. The van der Waals surface area contributed by atoms with E-state index in [2.05, 4.69) is 30.2 Å². The summed E-state index contributed by atoms with van der Waals surface area (Å²) in [5, 5.41) is 4.09. The Kier molecular flexibility index (Phi) is 4.94. The van der Waals surface area contributed by atoms with E-state index in [0.717, 1.165) is 27.7 Å². The van der Waals surface area contributed by atoms with Crippen LogP contribution in [0.2, 0.25) is 0 Å². The smallest absolute Gasteiger partial charge is 0.218 e. The number of hydrogen-bond donors (Lipinski definition) is 3. The third kappa shape index (κ3) is 3.81. The van der Waals surface area contributed by atoms with Crippen LogP contribution < -0.4 is 11.1 Å². The number of pyridine rings is 2. The van der Waals surface area contributed by atoms with Crippen LogP contribution in [-0.2, 0) is 19.5 Å². The number of hydrogen-bond acceptors (Lipinski definition) is 6. The molecular weight excluding hydrogens is 357 g/mol. The summed E-state index contributed by atoms with van der Waals surface area (Å²) < 4.78 is 14.5. The summed E-state index contributed by atoms with van der Waals surface area (Å²) in [5.41, 5.74) is 9.74. The van der Waals surface area contributed by atoms with Crippen molar-refractivity contribution >= 4 is 16.9 Å². The van der Waals surface area contributed by atoms with Crippen LogP contribution in [-0.4, -0.2) is 24.9 Å². The Morgan fingerprint density at radius 3 is 2.68 bits per heavy atom. The number of halogens is 1. The van der Waals surface area contributed by atoms with E-state index in [9.17, 15) is 4.39 Å². The van der Waals surface area contributed by atoms with Crippen LogP contribution in [0.25, 0.3) is 11.0 Å². The molecule has 0 aromatic carbocycles. The molecule has 0 saturated carbocycles. The van der Waals surface area contributed by atoms with Gasteiger partial charge in [-0.1, -0.05) is 6.07 Å². The van der Waals surface area contributed by atoms with Gasteiger partial charge in [-0.3, -0.25) is 0 Å². The van der Waals surface area contributed by atoms with Crippen molar-refractivity contribution < 1.29 is 4.39 Å². The normalized spacial score (nSPS) is 11.1. The number of nitrogens with one attached hydrogen (secondary N) is 2. The number of fused-ring (bicyclic) bond motifs is 1. The van der Waals surface area contributed by atoms with Crippen molar-refractivity contribution in [2.75, 3.05) is 5.32 Å². The molecule has 28 heavy (non-hydrogen) atoms. The standard InChI is InChI=1S/C20H20FN7/c1-12-4-16-15(11-27-20(16)26-7-12)5-14-2-3-17(28-19(14)21)23-8-13-9-24-18(6-22)25-10-13/h2-4,7,9-11H,5-6,8,22H2,1H3,(H,23,28)(H,26,27). The van der Waals surface area contributed by atoms with Crippen molar-refractivity contribution in [2.24, 2.45) is 5.73 Å². The first-order valence-electron chi connectivity index (χ1n) is 8.94. The van der Waals surface area contributed by atoms with Crippen molar-refractivity contribution in [3.05, 3.63) is 77.0 Å². The molecule has 0 radical (unpaired) electrons. The maximum Gasteiger partial charge on any atom is 0.218 e. The molecule has 0 fully saturated rings. The number of aromatic amines is 1. The molecule has 0 aliphatic heterocycles. The molecule has 0 aliphatic rings. The molecule has 4 aromatic rings. The fourth-order valence-corrected chi connectivity index (χ4v) is 2.98. The Hall–Kier alpha value is -3.39. The maximum atomic E-state index is 14.5. The average Bonchev–Trinajstić information content (AvgIpc) is 3.10. The Labute approximate surface area is 161 Å². The molecule has 0 aliphatic carbocycles. The fraction of sp³-hybridized carbons (Fsp3) is 0.200. The van der Waals surface area contributed by atoms with E-state index in [-0.39, 0.29) is 0 Å². The van der Waals surface area contributed by atoms with Gasteiger partial charge in [-0.2, -0.15) is 4.39 Å². The lowest BCUT2D eigenvalue weighted by molar-refractivity contribution is 0.571. The van der Waals surface area contributed by atoms with E-state index in [1.54, 1.807) is 30.7 Å². The highest BCUT2D eigenvalue weighted by molar-refractivity contribution is 5.80. The van der Waals surface area contributed by atoms with Gasteiger partial charge in [-0.25, -0.2) is 19.9 Å². The number of nitrogens with zero attached hydrogens (tertiary/aromatic N) is 4. The van der Waals surface area contributed by atoms with Crippen LogP contribution >= 0.6 is 0 Å². The Balaban J connectivity index is 1.47. The van der Waals surface area contributed by atoms with Gasteiger partial charge in [0.2, 0.25) is 5.95 Å². The first-order valence-corrected chi connectivity index (χ1v) is 8.94. The summed E-state index contributed by atoms with van der Waals surface area (Å²) in [7, 11) is 0. The third-order valence-electron chi connectivity index (χ3n) is 4.48. The van der Waals surface area contributed by atoms with Gasteiger partial charge in [0.1, 0.15) is 17.3 Å². The van der Waals surface area contributed by atoms with Gasteiger partial charge in [-0.15, -0.1) is 0 Å². The molecule has 4 aromatic heterocycles. The monoisotopic (exact) mass is 377 g/mol. The lowest BCUT2D eigenvalue weighted by Gasteiger charge is -2.08. The van der Waals surface area contributed by atoms with E-state index in [1.165, 1.54) is 0 Å². The number of H-pyrrole nitrogens is 1. The topological polar surface area (TPSA) is 105 Å². The van der Waals surface area contributed by atoms with Crippen LogP contribution in [0.3, 0.4) is 0 Å². The van der Waals surface area contributed by atoms with Crippen LogP contribution in [0.15, 0.2) is 43.0 Å². The number of rotatable bonds is 6. The van der Waals surface area contributed by atoms with E-state index in [4.69, 9.17) is 5.73 Å². The zero-order chi connectivity index (χ0) is 19.5. The minimum Gasteiger partial charge on any atom is -0.366 e. The highest BCUT2D eigenvalue weighted by Gasteiger charge is 2.11. The van der Waals surface area contributed by atoms with Crippen LogP contribution in [0.1, 0.15) is 28.1 Å². The molecule has 8 heteroatoms. The number of aromatic nitrogens is 5. The van der Waals surface area contributed by atoms with Gasteiger partial charge in [0.15, 0.2) is 0 Å². The van der Waals surface area contributed by atoms with Crippen molar-refractivity contribution in [2.45, 2.75) is 26.4 Å². The number of nitrogens with two attached hydrogens (primary N) is 1. The number of anilines is 1. The molecule has 4 rings (SSSR count). The molecule has 7 nitrogen and oxygen atoms in total. The Morgan fingerprint density at radius 2 is 1.93 bits per heavy atom. The average molecular weight is 377 g/mol. The van der Waals surface area contributed by atoms with Gasteiger partial charge in [0, 0.05) is 54.3 Å². The summed E-state index contributed by atoms with van der Waals surface area (Å²) >= 11 is 0. The third-order valence-corrected chi connectivity index (χ3v) is 4.48. The largest absolute Gasteiger partial charge is 0.366 e. The van der Waals surface area contributed by atoms with Gasteiger partial charge in [-0.05, 0) is 30.2 Å². The van der Waals surface area contributed by atoms with E-state index < -0.39 is 5.95 Å². The van der Waals surface area contributed by atoms with Gasteiger partial charge in [0.25, 0.3) is 0 Å². The molecule has 4 N–H and O–H groups in total. The van der Waals surface area contributed by atoms with Gasteiger partial charge >= 0.3 is 0 Å². The molecule has 0 amide bonds. The molecule has 4 heterocycles. The fourth-order valence-electron chi connectivity index (χ4n) is 2.98. The molecule has 0 bridgehead atoms. The van der Waals surface area contributed by atoms with Crippen LogP contribution in [0.4, 0.5) is 10.2 Å². The maximum absolute atomic E-state index is 14.5. The molecule has 142 valence electrons. The van der Waals surface area contributed by atoms with Crippen LogP contribution in [0, 0.1) is 12.9 Å². The minimum absolute atomic E-state index is 0.300. The lowest BCUT2D eigenvalue weighted by Crippen LogP contribution is -2.07. The predicted octanol–water partition coefficient (Wildman–Crippen LogP) is 2.86. The lowest BCUT2D eigenvalue weighted by atomic mass is 10.1. The Morgan fingerprint density at radius 1 is 1.11 bits per heavy atom. The summed E-state index contributed by atoms with van der Waals surface area (Å²) in [6, 6.07) is 5.57. The predicted molar refractivity (Wildman–Crippen MR) is 105 cm³/mol. The summed E-state index contributed by atoms with van der Waals surface area (Å²) in [5.74, 6) is 0.551. The molecule has 0 spiro atoms. The van der Waals surface area contributed by atoms with E-state index >= 15 is 0 Å². The van der Waals surface area contributed by atoms with Crippen LogP contribution in [0.5, 0.6) is 0 Å². The molecular formula is C20H20FN7. The quantitative estimate of drug-likeness (QED) is 0.446. The zero-order valence-electron chi connectivity index (χ0n) is 15.4. The second kappa shape index (κ2) is 7.69. The highest BCUT2D eigenvalue weighted by Crippen LogP contribution is 2.22. The summed E-state index contributed by atoms with van der Waals surface area (Å²) in [6.45, 7) is 2.73. The van der Waals surface area contributed by atoms with Gasteiger partial charge in [0.05, 0.1) is 6.54 Å². The first kappa shape index (κ1) is 18.0. The zero-order valence-corrected chi connectivity index (χ0v) is 15.4. The molecule has 0 unspecified atom stereocenters. The Bertz CT molecular complexity index is 1110. The van der Waals surface area contributed by atoms with Crippen molar-refractivity contribution in [3.63, 3.8) is 0 Å². The second-order valence-electron chi connectivity index (χ2n) is 6.61. The first-order chi connectivity index (χ1) is 13.6. The van der Waals surface area contributed by atoms with Gasteiger partial charge < -0.3 is 16.0 Å². The van der Waals surface area contributed by atoms with E-state index in [1.807, 2.05) is 19.2 Å². The molecule has 0 atom stereocenters. The summed E-state index contributed by atoms with van der Waals surface area (Å²) in [6.07, 6.45) is 7.51. The second-order valence-corrected chi connectivity index (χ2v) is 6.61. The van der Waals surface area contributed by atoms with Crippen molar-refractivity contribution in [1.29, 1.82) is 0 Å². The molecule has 0 saturated heterocycles. The van der Waals surface area contributed by atoms with Crippen molar-refractivity contribution in [3.8, 4) is 0 Å². The minimum atomic E-state index is -0.491. The van der Waals surface area contributed by atoms with E-state index in [0.29, 0.717) is 36.7 Å². The van der Waals surface area contributed by atoms with Crippen molar-refractivity contribution in [1.82, 2.24) is 24.9 Å².